The van der Waals surface area contributed by atoms with Gasteiger partial charge in [-0.25, -0.2) is 10.9 Å². The number of hydrazine groups is 1. The Balaban J connectivity index is 0.933. The number of nitrogens with one attached hydrogen (secondary N) is 2. The van der Waals surface area contributed by atoms with Crippen LogP contribution in [0.2, 0.25) is 0 Å². The van der Waals surface area contributed by atoms with Crippen LogP contribution in [-0.2, 0) is 11.3 Å². The zero-order chi connectivity index (χ0) is 27.1. The van der Waals surface area contributed by atoms with Crippen LogP contribution in [0.5, 0.6) is 5.75 Å². The van der Waals surface area contributed by atoms with Crippen molar-refractivity contribution in [2.45, 2.75) is 37.9 Å². The van der Waals surface area contributed by atoms with Gasteiger partial charge in [0, 0.05) is 63.5 Å². The fraction of sp³-hybridized carbons (Fsp3) is 0.424. The highest BCUT2D eigenvalue weighted by Crippen LogP contribution is 2.25. The first-order chi connectivity index (χ1) is 19.7. The summed E-state index contributed by atoms with van der Waals surface area (Å²) in [5.74, 6) is 1.47. The minimum absolute atomic E-state index is 0.168. The Kier molecular flexibility index (Phi) is 8.62. The van der Waals surface area contributed by atoms with Crippen LogP contribution in [-0.4, -0.2) is 67.6 Å². The molecule has 0 bridgehead atoms. The zero-order valence-electron chi connectivity index (χ0n) is 23.3. The van der Waals surface area contributed by atoms with Crippen LogP contribution in [0.1, 0.15) is 36.4 Å². The van der Waals surface area contributed by atoms with Crippen molar-refractivity contribution in [2.24, 2.45) is 5.92 Å². The third-order valence-electron chi connectivity index (χ3n) is 8.54. The largest absolute Gasteiger partial charge is 0.493 e. The molecule has 0 radical (unpaired) electrons. The summed E-state index contributed by atoms with van der Waals surface area (Å²) in [5, 5.41) is 0. The quantitative estimate of drug-likeness (QED) is 0.447. The molecule has 3 saturated heterocycles. The molecule has 3 aliphatic heterocycles. The molecule has 3 aromatic rings. The second-order valence-electron chi connectivity index (χ2n) is 11.4. The van der Waals surface area contributed by atoms with Crippen LogP contribution in [0.4, 0.5) is 5.69 Å². The number of piperidine rings is 1. The number of para-hydroxylation sites is 1. The smallest absolute Gasteiger partial charge is 0.241 e. The third kappa shape index (κ3) is 6.66. The molecule has 0 aromatic heterocycles. The molecule has 7 nitrogen and oxygen atoms in total. The van der Waals surface area contributed by atoms with Gasteiger partial charge >= 0.3 is 0 Å². The lowest BCUT2D eigenvalue weighted by molar-refractivity contribution is -0.135. The molecule has 3 atom stereocenters. The van der Waals surface area contributed by atoms with Crippen molar-refractivity contribution < 1.29 is 9.53 Å². The molecule has 3 aromatic carbocycles. The summed E-state index contributed by atoms with van der Waals surface area (Å²) in [6.07, 6.45) is 2.90. The van der Waals surface area contributed by atoms with Crippen molar-refractivity contribution in [3.05, 3.63) is 96.1 Å². The first-order valence-electron chi connectivity index (χ1n) is 14.8. The summed E-state index contributed by atoms with van der Waals surface area (Å²) in [6, 6.07) is 29.6. The van der Waals surface area contributed by atoms with E-state index >= 15 is 0 Å². The maximum atomic E-state index is 13.3. The summed E-state index contributed by atoms with van der Waals surface area (Å²) < 4.78 is 6.20. The molecule has 210 valence electrons. The second kappa shape index (κ2) is 12.9. The van der Waals surface area contributed by atoms with E-state index in [2.05, 4.69) is 87.4 Å². The maximum Gasteiger partial charge on any atom is 0.241 e. The lowest BCUT2D eigenvalue weighted by Gasteiger charge is -2.36. The van der Waals surface area contributed by atoms with Gasteiger partial charge in [-0.05, 0) is 54.7 Å². The molecular formula is C33H41N5O2. The number of ether oxygens (including phenoxy) is 1. The molecule has 3 heterocycles. The van der Waals surface area contributed by atoms with Gasteiger partial charge in [0.2, 0.25) is 5.91 Å². The van der Waals surface area contributed by atoms with Crippen LogP contribution in [0.15, 0.2) is 84.9 Å². The molecule has 7 heteroatoms. The van der Waals surface area contributed by atoms with E-state index in [1.807, 2.05) is 23.1 Å². The van der Waals surface area contributed by atoms with E-state index in [9.17, 15) is 4.79 Å². The van der Waals surface area contributed by atoms with Crippen molar-refractivity contribution in [1.29, 1.82) is 0 Å². The van der Waals surface area contributed by atoms with Crippen LogP contribution >= 0.6 is 0 Å². The van der Waals surface area contributed by atoms with Gasteiger partial charge in [-0.1, -0.05) is 60.7 Å². The highest BCUT2D eigenvalue weighted by atomic mass is 16.5. The number of nitrogens with zero attached hydrogens (tertiary/aromatic N) is 3. The van der Waals surface area contributed by atoms with Gasteiger partial charge in [0.05, 0.1) is 6.61 Å². The van der Waals surface area contributed by atoms with Crippen LogP contribution in [0.25, 0.3) is 0 Å². The van der Waals surface area contributed by atoms with E-state index < -0.39 is 0 Å². The standard InChI is InChI=1S/C33H41N5O2/c39-33(32-22-31(34-35-32)28-9-3-1-4-10-28)38-17-7-8-27(24-38)25-40-30-15-13-26(14-16-30)23-36-18-20-37(21-19-36)29-11-5-2-6-12-29/h1-6,9-16,27,31-32,34-35H,7-8,17-25H2. The van der Waals surface area contributed by atoms with Gasteiger partial charge in [0.15, 0.2) is 0 Å². The number of carbonyl (C=O) groups is 1. The number of rotatable bonds is 8. The number of hydrogen-bond acceptors (Lipinski definition) is 6. The van der Waals surface area contributed by atoms with Crippen molar-refractivity contribution in [3.8, 4) is 5.75 Å². The lowest BCUT2D eigenvalue weighted by atomic mass is 9.97. The number of amides is 1. The van der Waals surface area contributed by atoms with Gasteiger partial charge in [-0.15, -0.1) is 0 Å². The van der Waals surface area contributed by atoms with Gasteiger partial charge < -0.3 is 14.5 Å². The topological polar surface area (TPSA) is 60.1 Å². The molecule has 40 heavy (non-hydrogen) atoms. The van der Waals surface area contributed by atoms with E-state index in [0.717, 1.165) is 70.8 Å². The van der Waals surface area contributed by atoms with Crippen molar-refractivity contribution in [1.82, 2.24) is 20.7 Å². The number of benzene rings is 3. The Morgan fingerprint density at radius 1 is 0.825 bits per heavy atom. The van der Waals surface area contributed by atoms with Gasteiger partial charge in [-0.3, -0.25) is 9.69 Å². The minimum atomic E-state index is -0.182. The van der Waals surface area contributed by atoms with Crippen molar-refractivity contribution in [2.75, 3.05) is 50.8 Å². The maximum absolute atomic E-state index is 13.3. The summed E-state index contributed by atoms with van der Waals surface area (Å²) in [4.78, 5) is 20.3. The lowest BCUT2D eigenvalue weighted by Crippen LogP contribution is -2.49. The monoisotopic (exact) mass is 539 g/mol. The predicted octanol–water partition coefficient (Wildman–Crippen LogP) is 4.23. The van der Waals surface area contributed by atoms with E-state index in [-0.39, 0.29) is 18.0 Å². The van der Waals surface area contributed by atoms with Crippen LogP contribution < -0.4 is 20.5 Å². The molecule has 3 unspecified atom stereocenters. The van der Waals surface area contributed by atoms with Crippen molar-refractivity contribution in [3.63, 3.8) is 0 Å². The highest BCUT2D eigenvalue weighted by molar-refractivity contribution is 5.82. The van der Waals surface area contributed by atoms with Crippen LogP contribution in [0, 0.1) is 5.92 Å². The Hall–Kier alpha value is -3.39. The van der Waals surface area contributed by atoms with Gasteiger partial charge in [-0.2, -0.15) is 0 Å². The predicted molar refractivity (Wildman–Crippen MR) is 159 cm³/mol. The molecule has 6 rings (SSSR count). The molecule has 3 fully saturated rings. The fourth-order valence-corrected chi connectivity index (χ4v) is 6.21. The number of hydrogen-bond donors (Lipinski definition) is 2. The minimum Gasteiger partial charge on any atom is -0.493 e. The Bertz CT molecular complexity index is 1210. The first kappa shape index (κ1) is 26.8. The highest BCUT2D eigenvalue weighted by Gasteiger charge is 2.34. The molecular weight excluding hydrogens is 498 g/mol. The molecule has 0 saturated carbocycles. The average molecular weight is 540 g/mol. The molecule has 1 amide bonds. The Morgan fingerprint density at radius 3 is 2.30 bits per heavy atom. The fourth-order valence-electron chi connectivity index (χ4n) is 6.21. The summed E-state index contributed by atoms with van der Waals surface area (Å²) in [5.41, 5.74) is 10.4. The van der Waals surface area contributed by atoms with E-state index in [0.29, 0.717) is 12.5 Å². The molecule has 0 aliphatic carbocycles. The number of carbonyl (C=O) groups excluding carboxylic acids is 1. The molecule has 0 spiro atoms. The summed E-state index contributed by atoms with van der Waals surface area (Å²) >= 11 is 0. The third-order valence-corrected chi connectivity index (χ3v) is 8.54. The normalized spacial score (nSPS) is 23.8. The number of likely N-dealkylation sites (tertiary alicyclic amines) is 1. The Labute approximate surface area is 238 Å². The van der Waals surface area contributed by atoms with Crippen molar-refractivity contribution >= 4 is 11.6 Å². The zero-order valence-corrected chi connectivity index (χ0v) is 23.3. The first-order valence-corrected chi connectivity index (χ1v) is 14.8. The number of anilines is 1. The second-order valence-corrected chi connectivity index (χ2v) is 11.4. The summed E-state index contributed by atoms with van der Waals surface area (Å²) in [7, 11) is 0. The van der Waals surface area contributed by atoms with Gasteiger partial charge in [0.25, 0.3) is 0 Å². The average Bonchev–Trinajstić information content (AvgIpc) is 3.52. The molecule has 3 aliphatic rings. The number of piperazine rings is 1. The van der Waals surface area contributed by atoms with E-state index in [4.69, 9.17) is 4.74 Å². The Morgan fingerprint density at radius 2 is 1.55 bits per heavy atom. The van der Waals surface area contributed by atoms with E-state index in [1.165, 1.54) is 16.8 Å². The SMILES string of the molecule is O=C(C1CC(c2ccccc2)NN1)N1CCCC(COc2ccc(CN3CCN(c4ccccc4)CC3)cc2)C1. The van der Waals surface area contributed by atoms with Gasteiger partial charge in [0.1, 0.15) is 11.8 Å². The van der Waals surface area contributed by atoms with E-state index in [1.54, 1.807) is 0 Å². The van der Waals surface area contributed by atoms with Crippen LogP contribution in [0.3, 0.4) is 0 Å². The summed E-state index contributed by atoms with van der Waals surface area (Å²) in [6.45, 7) is 7.48. The molecule has 2 N–H and O–H groups in total.